The van der Waals surface area contributed by atoms with Crippen molar-refractivity contribution in [2.45, 2.75) is 84.7 Å². The summed E-state index contributed by atoms with van der Waals surface area (Å²) >= 11 is 0. The summed E-state index contributed by atoms with van der Waals surface area (Å²) in [5.74, 6) is 0.280. The van der Waals surface area contributed by atoms with Crippen LogP contribution in [0, 0.1) is 40.4 Å². The third-order valence-electron chi connectivity index (χ3n) is 9.72. The molecule has 0 aliphatic heterocycles. The Balaban J connectivity index is 0.00000204. The maximum Gasteiger partial charge on any atom is 1.00 e. The number of carbonyl (C=O) groups is 2. The average Bonchev–Trinajstić information content (AvgIpc) is 3.03. The minimum atomic E-state index is -4.77. The molecule has 0 spiro atoms. The summed E-state index contributed by atoms with van der Waals surface area (Å²) < 4.78 is 37.9. The first-order valence-corrected chi connectivity index (χ1v) is 13.3. The smallest absolute Gasteiger partial charge is 0.726 e. The summed E-state index contributed by atoms with van der Waals surface area (Å²) in [6, 6.07) is 0. The van der Waals surface area contributed by atoms with Gasteiger partial charge in [-0.1, -0.05) is 26.3 Å². The molecule has 4 rings (SSSR count). The molecule has 10 heteroatoms. The number of ketones is 1. The number of allylic oxidation sites excluding steroid dienone is 1. The zero-order chi connectivity index (χ0) is 23.5. The molecule has 0 amide bonds. The van der Waals surface area contributed by atoms with E-state index in [-0.39, 0.29) is 106 Å². The van der Waals surface area contributed by atoms with Gasteiger partial charge >= 0.3 is 59.1 Å². The quantitative estimate of drug-likeness (QED) is 0.208. The molecule has 3 fully saturated rings. The third-order valence-corrected chi connectivity index (χ3v) is 10.2. The van der Waals surface area contributed by atoms with Gasteiger partial charge in [0.1, 0.15) is 0 Å². The second kappa shape index (κ2) is 11.2. The summed E-state index contributed by atoms with van der Waals surface area (Å²) in [5, 5.41) is 11.0. The van der Waals surface area contributed by atoms with Gasteiger partial charge in [-0.2, -0.15) is 0 Å². The van der Waals surface area contributed by atoms with Crippen LogP contribution in [0.15, 0.2) is 11.6 Å². The predicted molar refractivity (Wildman–Crippen MR) is 114 cm³/mol. The van der Waals surface area contributed by atoms with Crippen molar-refractivity contribution in [3.05, 3.63) is 11.6 Å². The number of carbonyl (C=O) groups excluding carboxylic acids is 2. The van der Waals surface area contributed by atoms with Crippen LogP contribution >= 0.6 is 0 Å². The molecule has 0 N–H and O–H groups in total. The van der Waals surface area contributed by atoms with Crippen LogP contribution in [0.3, 0.4) is 0 Å². The number of rotatable bonds is 6. The predicted octanol–water partition coefficient (Wildman–Crippen LogP) is -3.24. The van der Waals surface area contributed by atoms with Crippen molar-refractivity contribution < 1.29 is 91.0 Å². The Morgan fingerprint density at radius 2 is 1.82 bits per heavy atom. The largest absolute Gasteiger partial charge is 1.00 e. The molecule has 7 nitrogen and oxygen atoms in total. The Labute approximate surface area is 247 Å². The molecule has 4 aliphatic carbocycles. The van der Waals surface area contributed by atoms with Crippen LogP contribution in [-0.2, 0) is 24.2 Å². The van der Waals surface area contributed by atoms with Crippen molar-refractivity contribution >= 4 is 22.2 Å². The van der Waals surface area contributed by atoms with E-state index in [0.717, 1.165) is 31.3 Å². The molecule has 0 radical (unpaired) electrons. The van der Waals surface area contributed by atoms with Crippen LogP contribution in [-0.4, -0.2) is 30.8 Å². The minimum Gasteiger partial charge on any atom is -0.726 e. The van der Waals surface area contributed by atoms with Crippen LogP contribution in [0.4, 0.5) is 0 Å². The first-order valence-electron chi connectivity index (χ1n) is 11.9. The van der Waals surface area contributed by atoms with Crippen molar-refractivity contribution in [2.75, 3.05) is 0 Å². The normalized spacial score (nSPS) is 39.9. The van der Waals surface area contributed by atoms with Gasteiger partial charge in [0.25, 0.3) is 0 Å². The summed E-state index contributed by atoms with van der Waals surface area (Å²) in [7, 11) is -4.77. The van der Waals surface area contributed by atoms with Crippen molar-refractivity contribution in [3.63, 3.8) is 0 Å². The van der Waals surface area contributed by atoms with E-state index >= 15 is 0 Å². The van der Waals surface area contributed by atoms with Gasteiger partial charge in [0, 0.05) is 11.9 Å². The van der Waals surface area contributed by atoms with E-state index in [1.165, 1.54) is 0 Å². The van der Waals surface area contributed by atoms with Gasteiger partial charge < -0.3 is 14.5 Å². The molecule has 0 unspecified atom stereocenters. The average molecular weight is 513 g/mol. The Bertz CT molecular complexity index is 936. The molecule has 4 aliphatic rings. The van der Waals surface area contributed by atoms with E-state index in [1.807, 2.05) is 0 Å². The number of aliphatic carboxylic acids is 1. The van der Waals surface area contributed by atoms with Crippen LogP contribution in [0.1, 0.15) is 78.6 Å². The molecule has 0 aromatic rings. The van der Waals surface area contributed by atoms with Crippen molar-refractivity contribution in [1.29, 1.82) is 0 Å². The fraction of sp³-hybridized carbons (Fsp3) is 0.833. The number of carboxylic acids is 1. The van der Waals surface area contributed by atoms with Gasteiger partial charge in [0.15, 0.2) is 5.78 Å². The summed E-state index contributed by atoms with van der Waals surface area (Å²) in [6.45, 7) is 6.64. The monoisotopic (exact) mass is 512 g/mol. The molecule has 0 aromatic heterocycles. The third kappa shape index (κ3) is 5.75. The summed E-state index contributed by atoms with van der Waals surface area (Å²) in [6.07, 6.45) is 7.23. The molecular formula is C24H34Na2O7S. The Morgan fingerprint density at radius 3 is 2.44 bits per heavy atom. The maximum atomic E-state index is 13.4. The molecule has 0 bridgehead atoms. The van der Waals surface area contributed by atoms with E-state index in [9.17, 15) is 27.7 Å². The van der Waals surface area contributed by atoms with Gasteiger partial charge in [-0.05, 0) is 98.4 Å². The second-order valence-electron chi connectivity index (χ2n) is 11.2. The number of hydrogen-bond donors (Lipinski definition) is 0. The molecule has 0 saturated heterocycles. The van der Waals surface area contributed by atoms with E-state index in [2.05, 4.69) is 20.8 Å². The molecule has 34 heavy (non-hydrogen) atoms. The van der Waals surface area contributed by atoms with Crippen molar-refractivity contribution in [3.8, 4) is 0 Å². The van der Waals surface area contributed by atoms with E-state index in [1.54, 1.807) is 6.08 Å². The van der Waals surface area contributed by atoms with E-state index in [4.69, 9.17) is 4.18 Å². The zero-order valence-corrected chi connectivity index (χ0v) is 26.0. The molecule has 0 aromatic carbocycles. The molecule has 8 atom stereocenters. The van der Waals surface area contributed by atoms with Crippen LogP contribution in [0.2, 0.25) is 0 Å². The number of carboxylic acid groups (broad SMARTS) is 1. The van der Waals surface area contributed by atoms with Crippen molar-refractivity contribution in [2.24, 2.45) is 40.4 Å². The standard InChI is InChI=1S/C24H36O7S.2Na/c1-14(4-7-21(26)27)17-5-6-18-22-19(9-11-24(17,18)3)23(2)10-8-16(31-32(28,29)30)12-15(23)13-20(22)25;;/h13-14,16-19,22H,4-12H2,1-3H3,(H,26,27)(H,28,29,30);;/q;2*+1/p-2/t14-,16+,17-,18+,19+,22+,23+,24-;;/m1../s1. The van der Waals surface area contributed by atoms with E-state index < -0.39 is 22.5 Å². The van der Waals surface area contributed by atoms with Gasteiger partial charge in [-0.3, -0.25) is 8.98 Å². The Hall–Kier alpha value is 0.750. The minimum absolute atomic E-state index is 0. The second-order valence-corrected chi connectivity index (χ2v) is 12.2. The Morgan fingerprint density at radius 1 is 1.15 bits per heavy atom. The van der Waals surface area contributed by atoms with Gasteiger partial charge in [-0.25, -0.2) is 8.42 Å². The van der Waals surface area contributed by atoms with Crippen LogP contribution in [0.5, 0.6) is 0 Å². The fourth-order valence-electron chi connectivity index (χ4n) is 8.14. The van der Waals surface area contributed by atoms with Crippen LogP contribution in [0.25, 0.3) is 0 Å². The Kier molecular flexibility index (Phi) is 10.2. The van der Waals surface area contributed by atoms with Gasteiger partial charge in [-0.15, -0.1) is 0 Å². The number of hydrogen-bond acceptors (Lipinski definition) is 7. The zero-order valence-electron chi connectivity index (χ0n) is 21.2. The number of fused-ring (bicyclic) bond motifs is 5. The van der Waals surface area contributed by atoms with E-state index in [0.29, 0.717) is 31.6 Å². The van der Waals surface area contributed by atoms with Crippen LogP contribution < -0.4 is 64.2 Å². The topological polar surface area (TPSA) is 124 Å². The summed E-state index contributed by atoms with van der Waals surface area (Å²) in [4.78, 5) is 24.4. The van der Waals surface area contributed by atoms with Gasteiger partial charge in [0.05, 0.1) is 6.10 Å². The first kappa shape index (κ1) is 31.0. The molecule has 3 saturated carbocycles. The summed E-state index contributed by atoms with van der Waals surface area (Å²) in [5.41, 5.74) is 0.787. The molecule has 0 heterocycles. The molecular weight excluding hydrogens is 478 g/mol. The fourth-order valence-corrected chi connectivity index (χ4v) is 8.64. The molecule has 180 valence electrons. The first-order chi connectivity index (χ1) is 14.8. The maximum absolute atomic E-state index is 13.4. The van der Waals surface area contributed by atoms with Gasteiger partial charge in [0.2, 0.25) is 10.4 Å². The van der Waals surface area contributed by atoms with Crippen molar-refractivity contribution in [1.82, 2.24) is 0 Å². The SMILES string of the molecule is C[C@H](CCC(=O)[O-])[C@H]1CC[C@H]2[C@@H]3C(=O)C=C4C[C@@H](OS(=O)(=O)[O-])CC[C@]4(C)[C@H]3CC[C@]12C.[Na+].[Na+].